The molecule has 2 nitrogen and oxygen atoms in total. The van der Waals surface area contributed by atoms with Gasteiger partial charge in [0.05, 0.1) is 6.10 Å². The molecule has 0 amide bonds. The van der Waals surface area contributed by atoms with Crippen LogP contribution < -0.4 is 0 Å². The summed E-state index contributed by atoms with van der Waals surface area (Å²) in [5, 5.41) is 9.91. The first-order valence-corrected chi connectivity index (χ1v) is 5.65. The summed E-state index contributed by atoms with van der Waals surface area (Å²) in [6.07, 6.45) is 2.76. The lowest BCUT2D eigenvalue weighted by Crippen LogP contribution is -2.26. The van der Waals surface area contributed by atoms with Crippen LogP contribution in [0.2, 0.25) is 0 Å². The molecule has 0 aliphatic heterocycles. The van der Waals surface area contributed by atoms with Gasteiger partial charge in [-0.25, -0.2) is 0 Å². The summed E-state index contributed by atoms with van der Waals surface area (Å²) in [6.45, 7) is 9.81. The van der Waals surface area contributed by atoms with Crippen LogP contribution in [0.4, 0.5) is 0 Å². The van der Waals surface area contributed by atoms with E-state index in [-0.39, 0.29) is 18.1 Å². The van der Waals surface area contributed by atoms with E-state index in [1.54, 1.807) is 0 Å². The number of Topliss-reactive ketones (excluding diaryl/α,β-unsaturated/α-hetero) is 1. The van der Waals surface area contributed by atoms with Gasteiger partial charge in [-0.1, -0.05) is 25.5 Å². The van der Waals surface area contributed by atoms with Crippen LogP contribution in [0.3, 0.4) is 0 Å². The summed E-state index contributed by atoms with van der Waals surface area (Å²) in [5.41, 5.74) is 1.26. The van der Waals surface area contributed by atoms with Gasteiger partial charge in [0.15, 0.2) is 0 Å². The molecule has 0 aliphatic rings. The topological polar surface area (TPSA) is 37.3 Å². The van der Waals surface area contributed by atoms with Crippen molar-refractivity contribution in [2.45, 2.75) is 53.6 Å². The standard InChI is InChI=1S/C13H24O2/c1-9(2)6-7-12(10(3)4)13(15)8-11(5)14/h6,10,12-13,15H,7-8H2,1-5H3. The Morgan fingerprint density at radius 1 is 1.27 bits per heavy atom. The summed E-state index contributed by atoms with van der Waals surface area (Å²) >= 11 is 0. The lowest BCUT2D eigenvalue weighted by Gasteiger charge is -2.24. The monoisotopic (exact) mass is 212 g/mol. The van der Waals surface area contributed by atoms with Crippen molar-refractivity contribution < 1.29 is 9.90 Å². The zero-order valence-electron chi connectivity index (χ0n) is 10.6. The first kappa shape index (κ1) is 14.4. The van der Waals surface area contributed by atoms with E-state index in [1.807, 2.05) is 0 Å². The van der Waals surface area contributed by atoms with Crippen LogP contribution in [-0.2, 0) is 4.79 Å². The Kier molecular flexibility index (Phi) is 6.50. The van der Waals surface area contributed by atoms with Crippen molar-refractivity contribution in [2.75, 3.05) is 0 Å². The second kappa shape index (κ2) is 6.78. The lowest BCUT2D eigenvalue weighted by molar-refractivity contribution is -0.119. The van der Waals surface area contributed by atoms with Crippen LogP contribution in [0.25, 0.3) is 0 Å². The molecule has 0 bridgehead atoms. The number of hydrogen-bond donors (Lipinski definition) is 1. The van der Waals surface area contributed by atoms with Crippen LogP contribution in [-0.4, -0.2) is 17.0 Å². The van der Waals surface area contributed by atoms with Crippen molar-refractivity contribution in [1.82, 2.24) is 0 Å². The van der Waals surface area contributed by atoms with Gasteiger partial charge in [-0.15, -0.1) is 0 Å². The Morgan fingerprint density at radius 3 is 2.13 bits per heavy atom. The smallest absolute Gasteiger partial charge is 0.132 e. The summed E-state index contributed by atoms with van der Waals surface area (Å²) in [4.78, 5) is 10.9. The number of aliphatic hydroxyl groups is 1. The first-order valence-electron chi connectivity index (χ1n) is 5.65. The van der Waals surface area contributed by atoms with Gasteiger partial charge in [-0.2, -0.15) is 0 Å². The maximum atomic E-state index is 10.9. The predicted octanol–water partition coefficient (Wildman–Crippen LogP) is 2.95. The molecule has 2 unspecified atom stereocenters. The molecule has 1 N–H and O–H groups in total. The van der Waals surface area contributed by atoms with Crippen LogP contribution in [0.15, 0.2) is 11.6 Å². The SMILES string of the molecule is CC(=O)CC(O)C(CC=C(C)C)C(C)C. The van der Waals surface area contributed by atoms with Crippen molar-refractivity contribution in [3.63, 3.8) is 0 Å². The fraction of sp³-hybridized carbons (Fsp3) is 0.769. The Labute approximate surface area is 93.4 Å². The first-order chi connectivity index (χ1) is 6.84. The highest BCUT2D eigenvalue weighted by atomic mass is 16.3. The van der Waals surface area contributed by atoms with Crippen LogP contribution in [0.5, 0.6) is 0 Å². The minimum Gasteiger partial charge on any atom is -0.392 e. The molecule has 2 heteroatoms. The van der Waals surface area contributed by atoms with Crippen molar-refractivity contribution in [3.05, 3.63) is 11.6 Å². The van der Waals surface area contributed by atoms with E-state index in [0.29, 0.717) is 5.92 Å². The van der Waals surface area contributed by atoms with Crippen molar-refractivity contribution >= 4 is 5.78 Å². The number of allylic oxidation sites excluding steroid dienone is 2. The molecule has 0 heterocycles. The van der Waals surface area contributed by atoms with Gasteiger partial charge >= 0.3 is 0 Å². The Morgan fingerprint density at radius 2 is 1.80 bits per heavy atom. The van der Waals surface area contributed by atoms with E-state index < -0.39 is 6.10 Å². The zero-order chi connectivity index (χ0) is 12.0. The largest absolute Gasteiger partial charge is 0.392 e. The van der Waals surface area contributed by atoms with Gasteiger partial charge in [-0.05, 0) is 39.0 Å². The Balaban J connectivity index is 4.38. The summed E-state index contributed by atoms with van der Waals surface area (Å²) in [5.74, 6) is 0.643. The van der Waals surface area contributed by atoms with Gasteiger partial charge < -0.3 is 5.11 Å². The number of carbonyl (C=O) groups is 1. The van der Waals surface area contributed by atoms with E-state index in [2.05, 4.69) is 33.8 Å². The third-order valence-electron chi connectivity index (χ3n) is 2.65. The van der Waals surface area contributed by atoms with Crippen LogP contribution >= 0.6 is 0 Å². The zero-order valence-corrected chi connectivity index (χ0v) is 10.6. The van der Waals surface area contributed by atoms with E-state index >= 15 is 0 Å². The van der Waals surface area contributed by atoms with E-state index in [0.717, 1.165) is 6.42 Å². The molecule has 0 aromatic rings. The molecular weight excluding hydrogens is 188 g/mol. The third kappa shape index (κ3) is 6.45. The van der Waals surface area contributed by atoms with Gasteiger partial charge in [0.2, 0.25) is 0 Å². The molecule has 0 saturated heterocycles. The number of rotatable bonds is 6. The molecule has 0 saturated carbocycles. The van der Waals surface area contributed by atoms with Gasteiger partial charge in [0, 0.05) is 6.42 Å². The van der Waals surface area contributed by atoms with Crippen molar-refractivity contribution in [3.8, 4) is 0 Å². The molecular formula is C13H24O2. The molecule has 2 atom stereocenters. The highest BCUT2D eigenvalue weighted by Gasteiger charge is 2.22. The minimum atomic E-state index is -0.502. The molecule has 0 spiro atoms. The molecule has 0 radical (unpaired) electrons. The molecule has 0 aromatic heterocycles. The van der Waals surface area contributed by atoms with Gasteiger partial charge in [0.25, 0.3) is 0 Å². The second-order valence-corrected chi connectivity index (χ2v) is 4.90. The number of ketones is 1. The Hall–Kier alpha value is -0.630. The summed E-state index contributed by atoms with van der Waals surface area (Å²) < 4.78 is 0. The van der Waals surface area contributed by atoms with Gasteiger partial charge in [-0.3, -0.25) is 4.79 Å². The summed E-state index contributed by atoms with van der Waals surface area (Å²) in [7, 11) is 0. The Bertz CT molecular complexity index is 225. The van der Waals surface area contributed by atoms with Crippen LogP contribution in [0.1, 0.15) is 47.5 Å². The fourth-order valence-corrected chi connectivity index (χ4v) is 1.69. The van der Waals surface area contributed by atoms with Crippen LogP contribution in [0, 0.1) is 11.8 Å². The maximum absolute atomic E-state index is 10.9. The maximum Gasteiger partial charge on any atom is 0.132 e. The fourth-order valence-electron chi connectivity index (χ4n) is 1.69. The molecule has 15 heavy (non-hydrogen) atoms. The molecule has 0 aromatic carbocycles. The van der Waals surface area contributed by atoms with Gasteiger partial charge in [0.1, 0.15) is 5.78 Å². The molecule has 88 valence electrons. The van der Waals surface area contributed by atoms with E-state index in [9.17, 15) is 9.90 Å². The summed E-state index contributed by atoms with van der Waals surface area (Å²) in [6, 6.07) is 0. The lowest BCUT2D eigenvalue weighted by atomic mass is 9.85. The normalized spacial score (nSPS) is 14.9. The second-order valence-electron chi connectivity index (χ2n) is 4.90. The van der Waals surface area contributed by atoms with Crippen molar-refractivity contribution in [1.29, 1.82) is 0 Å². The number of carbonyl (C=O) groups excluding carboxylic acids is 1. The molecule has 0 rings (SSSR count). The third-order valence-corrected chi connectivity index (χ3v) is 2.65. The molecule has 0 aliphatic carbocycles. The molecule has 0 fully saturated rings. The van der Waals surface area contributed by atoms with Crippen molar-refractivity contribution in [2.24, 2.45) is 11.8 Å². The number of hydrogen-bond acceptors (Lipinski definition) is 2. The van der Waals surface area contributed by atoms with E-state index in [1.165, 1.54) is 12.5 Å². The number of aliphatic hydroxyl groups excluding tert-OH is 1. The minimum absolute atomic E-state index is 0.0605. The quantitative estimate of drug-likeness (QED) is 0.687. The predicted molar refractivity (Wildman–Crippen MR) is 63.7 cm³/mol. The van der Waals surface area contributed by atoms with E-state index in [4.69, 9.17) is 0 Å². The highest BCUT2D eigenvalue weighted by molar-refractivity contribution is 5.75. The highest BCUT2D eigenvalue weighted by Crippen LogP contribution is 2.23. The average Bonchev–Trinajstić information content (AvgIpc) is 2.01. The average molecular weight is 212 g/mol.